The predicted octanol–water partition coefficient (Wildman–Crippen LogP) is 2.71. The minimum Gasteiger partial charge on any atom is -0.426 e. The second-order valence-electron chi connectivity index (χ2n) is 5.82. The molecule has 0 spiro atoms. The molecule has 0 radical (unpaired) electrons. The van der Waals surface area contributed by atoms with E-state index in [4.69, 9.17) is 4.74 Å². The molecule has 0 unspecified atom stereocenters. The van der Waals surface area contributed by atoms with Crippen LogP contribution in [0.1, 0.15) is 17.3 Å². The van der Waals surface area contributed by atoms with Crippen molar-refractivity contribution in [2.75, 3.05) is 31.1 Å². The van der Waals surface area contributed by atoms with Crippen LogP contribution < -0.4 is 9.64 Å². The molecule has 1 aliphatic rings. The fourth-order valence-electron chi connectivity index (χ4n) is 2.92. The first kappa shape index (κ1) is 17.0. The van der Waals surface area contributed by atoms with Gasteiger partial charge in [0.2, 0.25) is 0 Å². The van der Waals surface area contributed by atoms with Crippen LogP contribution in [-0.4, -0.2) is 43.0 Å². The fraction of sp³-hybridized carbons (Fsp3) is 0.263. The van der Waals surface area contributed by atoms with Crippen molar-refractivity contribution in [2.45, 2.75) is 6.92 Å². The molecular weight excluding hydrogens is 323 g/mol. The number of piperazine rings is 1. The van der Waals surface area contributed by atoms with Crippen LogP contribution in [0.5, 0.6) is 5.75 Å². The summed E-state index contributed by atoms with van der Waals surface area (Å²) < 4.78 is 19.0. The van der Waals surface area contributed by atoms with Crippen molar-refractivity contribution in [1.29, 1.82) is 0 Å². The third-order valence-corrected chi connectivity index (χ3v) is 4.13. The standard InChI is InChI=1S/C19H19FN2O3/c1-14(23)25-18-9-5-2-6-15(18)19(24)22-12-10-21(11-13-22)17-8-4-3-7-16(17)20/h2-9H,10-13H2,1H3. The Hall–Kier alpha value is -2.89. The molecule has 25 heavy (non-hydrogen) atoms. The molecule has 1 amide bonds. The van der Waals surface area contributed by atoms with Gasteiger partial charge in [0.25, 0.3) is 5.91 Å². The number of ether oxygens (including phenoxy) is 1. The highest BCUT2D eigenvalue weighted by atomic mass is 19.1. The first-order valence-electron chi connectivity index (χ1n) is 8.12. The maximum absolute atomic E-state index is 13.9. The lowest BCUT2D eigenvalue weighted by molar-refractivity contribution is -0.131. The summed E-state index contributed by atoms with van der Waals surface area (Å²) in [7, 11) is 0. The lowest BCUT2D eigenvalue weighted by atomic mass is 10.1. The summed E-state index contributed by atoms with van der Waals surface area (Å²) >= 11 is 0. The lowest BCUT2D eigenvalue weighted by Crippen LogP contribution is -2.49. The van der Waals surface area contributed by atoms with E-state index in [9.17, 15) is 14.0 Å². The van der Waals surface area contributed by atoms with Gasteiger partial charge in [-0.15, -0.1) is 0 Å². The third-order valence-electron chi connectivity index (χ3n) is 4.13. The normalized spacial score (nSPS) is 14.3. The summed E-state index contributed by atoms with van der Waals surface area (Å²) in [5, 5.41) is 0. The molecule has 130 valence electrons. The number of para-hydroxylation sites is 2. The predicted molar refractivity (Wildman–Crippen MR) is 92.3 cm³/mol. The van der Waals surface area contributed by atoms with Crippen LogP contribution in [0.3, 0.4) is 0 Å². The summed E-state index contributed by atoms with van der Waals surface area (Å²) in [4.78, 5) is 27.6. The highest BCUT2D eigenvalue weighted by molar-refractivity contribution is 5.97. The van der Waals surface area contributed by atoms with Gasteiger partial charge in [-0.3, -0.25) is 9.59 Å². The number of hydrogen-bond donors (Lipinski definition) is 0. The van der Waals surface area contributed by atoms with Crippen LogP contribution in [0.15, 0.2) is 48.5 Å². The molecule has 2 aromatic carbocycles. The van der Waals surface area contributed by atoms with E-state index in [0.717, 1.165) is 0 Å². The lowest BCUT2D eigenvalue weighted by Gasteiger charge is -2.36. The van der Waals surface area contributed by atoms with E-state index in [1.165, 1.54) is 13.0 Å². The Bertz CT molecular complexity index is 786. The molecule has 6 heteroatoms. The van der Waals surface area contributed by atoms with E-state index < -0.39 is 5.97 Å². The van der Waals surface area contributed by atoms with Crippen molar-refractivity contribution in [2.24, 2.45) is 0 Å². The quantitative estimate of drug-likeness (QED) is 0.636. The molecule has 1 fully saturated rings. The topological polar surface area (TPSA) is 49.9 Å². The molecule has 1 heterocycles. The minimum absolute atomic E-state index is 0.190. The number of esters is 1. The number of benzene rings is 2. The van der Waals surface area contributed by atoms with Gasteiger partial charge >= 0.3 is 5.97 Å². The summed E-state index contributed by atoms with van der Waals surface area (Å²) in [5.74, 6) is -0.659. The van der Waals surface area contributed by atoms with E-state index >= 15 is 0 Å². The number of amides is 1. The molecule has 0 N–H and O–H groups in total. The van der Waals surface area contributed by atoms with Crippen molar-refractivity contribution in [1.82, 2.24) is 4.90 Å². The van der Waals surface area contributed by atoms with Crippen LogP contribution in [0.25, 0.3) is 0 Å². The van der Waals surface area contributed by atoms with Crippen molar-refractivity contribution >= 4 is 17.6 Å². The first-order valence-corrected chi connectivity index (χ1v) is 8.12. The van der Waals surface area contributed by atoms with Gasteiger partial charge in [-0.1, -0.05) is 24.3 Å². The summed E-state index contributed by atoms with van der Waals surface area (Å²) in [6.07, 6.45) is 0. The van der Waals surface area contributed by atoms with Crippen molar-refractivity contribution < 1.29 is 18.7 Å². The molecule has 1 aliphatic heterocycles. The number of carbonyl (C=O) groups is 2. The Labute approximate surface area is 145 Å². The zero-order chi connectivity index (χ0) is 17.8. The molecule has 0 saturated carbocycles. The van der Waals surface area contributed by atoms with E-state index in [0.29, 0.717) is 37.4 Å². The Kier molecular flexibility index (Phi) is 4.97. The van der Waals surface area contributed by atoms with Crippen molar-refractivity contribution in [3.8, 4) is 5.75 Å². The average Bonchev–Trinajstić information content (AvgIpc) is 2.62. The van der Waals surface area contributed by atoms with E-state index in [1.54, 1.807) is 47.4 Å². The Morgan fingerprint density at radius 2 is 1.60 bits per heavy atom. The monoisotopic (exact) mass is 342 g/mol. The number of halogens is 1. The maximum atomic E-state index is 13.9. The minimum atomic E-state index is -0.468. The van der Waals surface area contributed by atoms with Gasteiger partial charge in [0.15, 0.2) is 0 Å². The van der Waals surface area contributed by atoms with Gasteiger partial charge < -0.3 is 14.5 Å². The molecule has 5 nitrogen and oxygen atoms in total. The van der Waals surface area contributed by atoms with E-state index in [2.05, 4.69) is 0 Å². The average molecular weight is 342 g/mol. The molecular formula is C19H19FN2O3. The number of carbonyl (C=O) groups excluding carboxylic acids is 2. The van der Waals surface area contributed by atoms with Gasteiger partial charge in [0.1, 0.15) is 11.6 Å². The van der Waals surface area contributed by atoms with Gasteiger partial charge in [-0.25, -0.2) is 4.39 Å². The van der Waals surface area contributed by atoms with E-state index in [1.807, 2.05) is 4.90 Å². The largest absolute Gasteiger partial charge is 0.426 e. The Morgan fingerprint density at radius 1 is 0.960 bits per heavy atom. The van der Waals surface area contributed by atoms with Crippen LogP contribution in [0, 0.1) is 5.82 Å². The van der Waals surface area contributed by atoms with Crippen molar-refractivity contribution in [3.63, 3.8) is 0 Å². The second kappa shape index (κ2) is 7.34. The highest BCUT2D eigenvalue weighted by Gasteiger charge is 2.25. The summed E-state index contributed by atoms with van der Waals surface area (Å²) in [6, 6.07) is 13.3. The summed E-state index contributed by atoms with van der Waals surface area (Å²) in [6.45, 7) is 3.34. The highest BCUT2D eigenvalue weighted by Crippen LogP contribution is 2.23. The molecule has 2 aromatic rings. The Morgan fingerprint density at radius 3 is 2.28 bits per heavy atom. The smallest absolute Gasteiger partial charge is 0.308 e. The zero-order valence-corrected chi connectivity index (χ0v) is 13.9. The number of anilines is 1. The zero-order valence-electron chi connectivity index (χ0n) is 13.9. The molecule has 3 rings (SSSR count). The number of nitrogens with zero attached hydrogens (tertiary/aromatic N) is 2. The molecule has 1 saturated heterocycles. The van der Waals surface area contributed by atoms with E-state index in [-0.39, 0.29) is 17.5 Å². The van der Waals surface area contributed by atoms with Crippen LogP contribution >= 0.6 is 0 Å². The van der Waals surface area contributed by atoms with Gasteiger partial charge in [-0.05, 0) is 24.3 Å². The van der Waals surface area contributed by atoms with Gasteiger partial charge in [0, 0.05) is 33.1 Å². The van der Waals surface area contributed by atoms with Gasteiger partial charge in [-0.2, -0.15) is 0 Å². The van der Waals surface area contributed by atoms with Gasteiger partial charge in [0.05, 0.1) is 11.3 Å². The summed E-state index contributed by atoms with van der Waals surface area (Å²) in [5.41, 5.74) is 0.909. The third kappa shape index (κ3) is 3.79. The number of rotatable bonds is 3. The Balaban J connectivity index is 1.70. The van der Waals surface area contributed by atoms with Crippen molar-refractivity contribution in [3.05, 3.63) is 59.9 Å². The van der Waals surface area contributed by atoms with Crippen LogP contribution in [-0.2, 0) is 4.79 Å². The first-order chi connectivity index (χ1) is 12.1. The SMILES string of the molecule is CC(=O)Oc1ccccc1C(=O)N1CCN(c2ccccc2F)CC1. The number of hydrogen-bond acceptors (Lipinski definition) is 4. The molecule has 0 atom stereocenters. The maximum Gasteiger partial charge on any atom is 0.308 e. The van der Waals surface area contributed by atoms with Crippen LogP contribution in [0.4, 0.5) is 10.1 Å². The second-order valence-corrected chi connectivity index (χ2v) is 5.82. The molecule has 0 aliphatic carbocycles. The van der Waals surface area contributed by atoms with Crippen LogP contribution in [0.2, 0.25) is 0 Å². The molecule has 0 bridgehead atoms. The fourth-order valence-corrected chi connectivity index (χ4v) is 2.92. The molecule has 0 aromatic heterocycles.